The third-order valence-corrected chi connectivity index (χ3v) is 3.65. The molecule has 1 aliphatic heterocycles. The number of benzene rings is 1. The Bertz CT molecular complexity index is 466. The van der Waals surface area contributed by atoms with Gasteiger partial charge in [0.1, 0.15) is 6.04 Å². The maximum absolute atomic E-state index is 2.32. The Balaban J connectivity index is 2.41. The molecule has 0 N–H and O–H groups in total. The first-order valence-electron chi connectivity index (χ1n) is 6.33. The zero-order chi connectivity index (χ0) is 12.5. The van der Waals surface area contributed by atoms with Crippen molar-refractivity contribution in [2.45, 2.75) is 26.3 Å². The summed E-state index contributed by atoms with van der Waals surface area (Å²) in [6.07, 6.45) is 9.94. The molecule has 0 aromatic heterocycles. The molecule has 1 atom stereocenters. The molecule has 0 saturated carbocycles. The molecular formula is C16H22N+. The van der Waals surface area contributed by atoms with Gasteiger partial charge in [0.2, 0.25) is 0 Å². The van der Waals surface area contributed by atoms with Crippen LogP contribution in [0, 0.1) is 6.92 Å². The Labute approximate surface area is 105 Å². The second kappa shape index (κ2) is 4.50. The molecule has 0 aliphatic carbocycles. The fourth-order valence-corrected chi connectivity index (χ4v) is 2.51. The van der Waals surface area contributed by atoms with Gasteiger partial charge in [-0.1, -0.05) is 31.2 Å². The fraction of sp³-hybridized carbons (Fsp3) is 0.375. The molecule has 0 bridgehead atoms. The lowest BCUT2D eigenvalue weighted by atomic mass is 9.95. The van der Waals surface area contributed by atoms with E-state index in [2.05, 4.69) is 70.6 Å². The highest BCUT2D eigenvalue weighted by molar-refractivity contribution is 5.35. The zero-order valence-electron chi connectivity index (χ0n) is 11.3. The molecule has 0 amide bonds. The summed E-state index contributed by atoms with van der Waals surface area (Å²) < 4.78 is 0.892. The second-order valence-electron chi connectivity index (χ2n) is 5.34. The van der Waals surface area contributed by atoms with Crippen LogP contribution in [0.2, 0.25) is 0 Å². The monoisotopic (exact) mass is 228 g/mol. The molecule has 1 unspecified atom stereocenters. The van der Waals surface area contributed by atoms with E-state index in [9.17, 15) is 0 Å². The largest absolute Gasteiger partial charge is 0.293 e. The van der Waals surface area contributed by atoms with Crippen LogP contribution in [0.5, 0.6) is 0 Å². The highest BCUT2D eigenvalue weighted by Gasteiger charge is 2.28. The molecule has 90 valence electrons. The Morgan fingerprint density at radius 2 is 1.94 bits per heavy atom. The third-order valence-electron chi connectivity index (χ3n) is 3.65. The van der Waals surface area contributed by atoms with E-state index >= 15 is 0 Å². The molecule has 0 spiro atoms. The first-order chi connectivity index (χ1) is 8.04. The van der Waals surface area contributed by atoms with Crippen molar-refractivity contribution in [1.29, 1.82) is 0 Å². The van der Waals surface area contributed by atoms with Gasteiger partial charge >= 0.3 is 0 Å². The van der Waals surface area contributed by atoms with Crippen LogP contribution in [0.25, 0.3) is 0 Å². The van der Waals surface area contributed by atoms with Gasteiger partial charge in [0, 0.05) is 5.56 Å². The number of allylic oxidation sites excluding steroid dienone is 2. The molecule has 0 saturated heterocycles. The number of rotatable bonds is 2. The fourth-order valence-electron chi connectivity index (χ4n) is 2.51. The van der Waals surface area contributed by atoms with E-state index < -0.39 is 0 Å². The second-order valence-corrected chi connectivity index (χ2v) is 5.34. The summed E-state index contributed by atoms with van der Waals surface area (Å²) in [5.41, 5.74) is 4.26. The van der Waals surface area contributed by atoms with E-state index in [0.29, 0.717) is 6.04 Å². The standard InChI is InChI=1S/C16H22N/c1-5-14-9-10-15(13(2)12-14)16-8-6-7-11-17(16,3)4/h6-12,16H,5H2,1-4H3/q+1. The summed E-state index contributed by atoms with van der Waals surface area (Å²) in [5.74, 6) is 0. The van der Waals surface area contributed by atoms with Gasteiger partial charge in [-0.25, -0.2) is 0 Å². The molecule has 1 heteroatoms. The van der Waals surface area contributed by atoms with Crippen molar-refractivity contribution < 1.29 is 4.48 Å². The lowest BCUT2D eigenvalue weighted by molar-refractivity contribution is -0.865. The van der Waals surface area contributed by atoms with Crippen LogP contribution in [0.15, 0.2) is 42.6 Å². The first-order valence-corrected chi connectivity index (χ1v) is 6.33. The van der Waals surface area contributed by atoms with Gasteiger partial charge in [0.25, 0.3) is 0 Å². The van der Waals surface area contributed by atoms with Gasteiger partial charge in [-0.2, -0.15) is 0 Å². The average Bonchev–Trinajstić information content (AvgIpc) is 2.29. The van der Waals surface area contributed by atoms with Crippen LogP contribution in [0.3, 0.4) is 0 Å². The van der Waals surface area contributed by atoms with Crippen molar-refractivity contribution in [2.75, 3.05) is 14.1 Å². The van der Waals surface area contributed by atoms with Crippen LogP contribution < -0.4 is 0 Å². The Morgan fingerprint density at radius 1 is 1.18 bits per heavy atom. The number of quaternary nitrogens is 1. The van der Waals surface area contributed by atoms with E-state index in [-0.39, 0.29) is 0 Å². The van der Waals surface area contributed by atoms with Crippen molar-refractivity contribution >= 4 is 0 Å². The van der Waals surface area contributed by atoms with Gasteiger partial charge in [0.15, 0.2) is 0 Å². The molecule has 1 aromatic carbocycles. The molecule has 1 heterocycles. The topological polar surface area (TPSA) is 0 Å². The summed E-state index contributed by atoms with van der Waals surface area (Å²) >= 11 is 0. The SMILES string of the molecule is CCc1ccc(C2C=CC=C[N+]2(C)C)c(C)c1. The van der Waals surface area contributed by atoms with Crippen LogP contribution in [0.4, 0.5) is 0 Å². The maximum Gasteiger partial charge on any atom is 0.138 e. The zero-order valence-corrected chi connectivity index (χ0v) is 11.3. The smallest absolute Gasteiger partial charge is 0.138 e. The van der Waals surface area contributed by atoms with E-state index in [1.165, 1.54) is 16.7 Å². The minimum Gasteiger partial charge on any atom is -0.293 e. The highest BCUT2D eigenvalue weighted by Crippen LogP contribution is 2.32. The van der Waals surface area contributed by atoms with Crippen molar-refractivity contribution in [3.05, 3.63) is 59.3 Å². The van der Waals surface area contributed by atoms with Crippen LogP contribution in [-0.2, 0) is 6.42 Å². The minimum absolute atomic E-state index is 0.436. The van der Waals surface area contributed by atoms with Gasteiger partial charge in [-0.05, 0) is 36.6 Å². The number of nitrogens with zero attached hydrogens (tertiary/aromatic N) is 1. The highest BCUT2D eigenvalue weighted by atomic mass is 15.3. The molecule has 0 radical (unpaired) electrons. The molecule has 1 nitrogen and oxygen atoms in total. The average molecular weight is 228 g/mol. The maximum atomic E-state index is 2.32. The normalized spacial score (nSPS) is 21.8. The predicted molar refractivity (Wildman–Crippen MR) is 73.7 cm³/mol. The quantitative estimate of drug-likeness (QED) is 0.676. The van der Waals surface area contributed by atoms with Crippen molar-refractivity contribution in [3.8, 4) is 0 Å². The van der Waals surface area contributed by atoms with Gasteiger partial charge in [0.05, 0.1) is 20.3 Å². The third kappa shape index (κ3) is 2.34. The molecular weight excluding hydrogens is 206 g/mol. The summed E-state index contributed by atoms with van der Waals surface area (Å²) in [7, 11) is 4.50. The first kappa shape index (κ1) is 12.1. The van der Waals surface area contributed by atoms with Crippen molar-refractivity contribution in [3.63, 3.8) is 0 Å². The summed E-state index contributed by atoms with van der Waals surface area (Å²) in [4.78, 5) is 0. The summed E-state index contributed by atoms with van der Waals surface area (Å²) in [6, 6.07) is 7.31. The lowest BCUT2D eigenvalue weighted by Gasteiger charge is -2.35. The summed E-state index contributed by atoms with van der Waals surface area (Å²) in [6.45, 7) is 4.43. The minimum atomic E-state index is 0.436. The number of hydrogen-bond acceptors (Lipinski definition) is 0. The van der Waals surface area contributed by atoms with E-state index in [0.717, 1.165) is 10.9 Å². The number of aryl methyl sites for hydroxylation is 2. The van der Waals surface area contributed by atoms with Crippen LogP contribution >= 0.6 is 0 Å². The number of likely N-dealkylation sites (N-methyl/N-ethyl adjacent to an activating group) is 1. The van der Waals surface area contributed by atoms with Crippen LogP contribution in [0.1, 0.15) is 29.7 Å². The molecule has 1 aliphatic rings. The van der Waals surface area contributed by atoms with E-state index in [1.54, 1.807) is 0 Å². The molecule has 0 fully saturated rings. The Morgan fingerprint density at radius 3 is 2.53 bits per heavy atom. The van der Waals surface area contributed by atoms with Gasteiger partial charge in [-0.15, -0.1) is 0 Å². The number of hydrogen-bond donors (Lipinski definition) is 0. The van der Waals surface area contributed by atoms with Crippen LogP contribution in [-0.4, -0.2) is 18.6 Å². The molecule has 17 heavy (non-hydrogen) atoms. The van der Waals surface area contributed by atoms with Gasteiger partial charge in [-0.3, -0.25) is 4.48 Å². The predicted octanol–water partition coefficient (Wildman–Crippen LogP) is 3.76. The van der Waals surface area contributed by atoms with E-state index in [4.69, 9.17) is 0 Å². The van der Waals surface area contributed by atoms with Gasteiger partial charge < -0.3 is 0 Å². The van der Waals surface area contributed by atoms with Crippen molar-refractivity contribution in [2.24, 2.45) is 0 Å². The van der Waals surface area contributed by atoms with E-state index in [1.807, 2.05) is 0 Å². The molecule has 2 rings (SSSR count). The Kier molecular flexibility index (Phi) is 3.21. The lowest BCUT2D eigenvalue weighted by Crippen LogP contribution is -2.38. The summed E-state index contributed by atoms with van der Waals surface area (Å²) in [5, 5.41) is 0. The Hall–Kier alpha value is -1.34. The van der Waals surface area contributed by atoms with Crippen molar-refractivity contribution in [1.82, 2.24) is 0 Å². The molecule has 1 aromatic rings.